The van der Waals surface area contributed by atoms with Crippen LogP contribution in [0.3, 0.4) is 0 Å². The SMILES string of the molecule is COc1ccnc2[nH]c(C(=O)N3CC4CCCC4C3C(=O)N[C@@H](C[C@@H]3CCNC3=O)C(=O)CO)cc12. The first kappa shape index (κ1) is 24.2. The third kappa shape index (κ3) is 4.32. The number of hydrogen-bond donors (Lipinski definition) is 4. The molecule has 3 amide bonds. The molecule has 3 unspecified atom stereocenters. The molecule has 4 heterocycles. The molecule has 0 bridgehead atoms. The second-order valence-electron chi connectivity index (χ2n) is 9.91. The van der Waals surface area contributed by atoms with Gasteiger partial charge in [0.05, 0.1) is 18.5 Å². The Balaban J connectivity index is 1.39. The first-order valence-electron chi connectivity index (χ1n) is 12.5. The number of hydrogen-bond acceptors (Lipinski definition) is 7. The fraction of sp³-hybridized carbons (Fsp3) is 0.560. The molecule has 5 atom stereocenters. The van der Waals surface area contributed by atoms with E-state index >= 15 is 0 Å². The normalized spacial score (nSPS) is 26.1. The minimum atomic E-state index is -0.990. The molecule has 1 saturated carbocycles. The van der Waals surface area contributed by atoms with E-state index < -0.39 is 36.3 Å². The summed E-state index contributed by atoms with van der Waals surface area (Å²) in [5, 5.41) is 15.7. The van der Waals surface area contributed by atoms with Gasteiger partial charge in [0.15, 0.2) is 5.78 Å². The number of H-pyrrole nitrogens is 1. The maximum Gasteiger partial charge on any atom is 0.271 e. The average molecular weight is 498 g/mol. The van der Waals surface area contributed by atoms with Gasteiger partial charge in [0.1, 0.15) is 29.7 Å². The fourth-order valence-electron chi connectivity index (χ4n) is 6.09. The molecule has 11 heteroatoms. The Morgan fingerprint density at radius 3 is 2.86 bits per heavy atom. The molecule has 2 aromatic rings. The molecule has 192 valence electrons. The number of nitrogens with one attached hydrogen (secondary N) is 3. The summed E-state index contributed by atoms with van der Waals surface area (Å²) in [5.41, 5.74) is 0.826. The van der Waals surface area contributed by atoms with E-state index in [1.165, 1.54) is 0 Å². The number of amides is 3. The topological polar surface area (TPSA) is 154 Å². The molecular formula is C25H31N5O6. The Morgan fingerprint density at radius 2 is 2.14 bits per heavy atom. The highest BCUT2D eigenvalue weighted by atomic mass is 16.5. The number of ether oxygens (including phenoxy) is 1. The number of aromatic nitrogens is 2. The Morgan fingerprint density at radius 1 is 1.31 bits per heavy atom. The molecule has 1 aliphatic carbocycles. The van der Waals surface area contributed by atoms with Gasteiger partial charge < -0.3 is 30.4 Å². The van der Waals surface area contributed by atoms with Crippen LogP contribution in [0.4, 0.5) is 0 Å². The summed E-state index contributed by atoms with van der Waals surface area (Å²) in [6.45, 7) is 0.240. The van der Waals surface area contributed by atoms with E-state index in [0.717, 1.165) is 19.3 Å². The molecule has 2 aromatic heterocycles. The Labute approximate surface area is 208 Å². The molecule has 0 radical (unpaired) electrons. The summed E-state index contributed by atoms with van der Waals surface area (Å²) < 4.78 is 5.38. The number of carbonyl (C=O) groups is 4. The first-order valence-corrected chi connectivity index (χ1v) is 12.5. The summed E-state index contributed by atoms with van der Waals surface area (Å²) in [7, 11) is 1.55. The van der Waals surface area contributed by atoms with E-state index in [1.54, 1.807) is 30.3 Å². The number of pyridine rings is 1. The van der Waals surface area contributed by atoms with Crippen LogP contribution in [0.25, 0.3) is 11.0 Å². The second-order valence-corrected chi connectivity index (χ2v) is 9.91. The monoisotopic (exact) mass is 497 g/mol. The fourth-order valence-corrected chi connectivity index (χ4v) is 6.09. The summed E-state index contributed by atoms with van der Waals surface area (Å²) in [6, 6.07) is 1.67. The molecule has 36 heavy (non-hydrogen) atoms. The zero-order valence-electron chi connectivity index (χ0n) is 20.2. The predicted molar refractivity (Wildman–Crippen MR) is 128 cm³/mol. The van der Waals surface area contributed by atoms with E-state index in [2.05, 4.69) is 20.6 Å². The highest BCUT2D eigenvalue weighted by Crippen LogP contribution is 2.43. The van der Waals surface area contributed by atoms with Gasteiger partial charge >= 0.3 is 0 Å². The van der Waals surface area contributed by atoms with Crippen LogP contribution in [0.15, 0.2) is 18.3 Å². The number of fused-ring (bicyclic) bond motifs is 2. The second kappa shape index (κ2) is 9.88. The number of carbonyl (C=O) groups excluding carboxylic acids is 4. The van der Waals surface area contributed by atoms with E-state index in [-0.39, 0.29) is 30.1 Å². The predicted octanol–water partition coefficient (Wildman–Crippen LogP) is 0.385. The number of nitrogens with zero attached hydrogens (tertiary/aromatic N) is 2. The van der Waals surface area contributed by atoms with Crippen LogP contribution in [0.5, 0.6) is 5.75 Å². The number of rotatable bonds is 8. The number of aromatic amines is 1. The first-order chi connectivity index (χ1) is 17.4. The maximum atomic E-state index is 13.6. The standard InChI is InChI=1S/C25H31N5O6/c1-36-20-6-8-26-22-16(20)10-18(28-22)25(35)30-11-14-3-2-4-15(14)21(30)24(34)29-17(19(32)12-31)9-13-5-7-27-23(13)33/h6,8,10,13-15,17,21,31H,2-5,7,9,11-12H2,1H3,(H,26,28)(H,27,33)(H,29,34)/t13-,14?,15?,17-,21?/m0/s1. The molecule has 5 rings (SSSR count). The highest BCUT2D eigenvalue weighted by molar-refractivity contribution is 6.01. The van der Waals surface area contributed by atoms with Gasteiger partial charge in [-0.1, -0.05) is 6.42 Å². The van der Waals surface area contributed by atoms with Crippen molar-refractivity contribution >= 4 is 34.5 Å². The molecule has 3 fully saturated rings. The molecule has 0 spiro atoms. The lowest BCUT2D eigenvalue weighted by Crippen LogP contribution is -2.53. The Hall–Kier alpha value is -3.47. The van der Waals surface area contributed by atoms with Crippen LogP contribution in [0.1, 0.15) is 42.6 Å². The third-order valence-corrected chi connectivity index (χ3v) is 7.91. The Bertz CT molecular complexity index is 1190. The smallest absolute Gasteiger partial charge is 0.271 e. The number of Topliss-reactive ketones (excluding diaryl/α,β-unsaturated/α-hetero) is 1. The van der Waals surface area contributed by atoms with Gasteiger partial charge in [-0.05, 0) is 49.7 Å². The summed E-state index contributed by atoms with van der Waals surface area (Å²) in [6.07, 6.45) is 5.01. The molecule has 4 N–H and O–H groups in total. The van der Waals surface area contributed by atoms with Crippen LogP contribution < -0.4 is 15.4 Å². The summed E-state index contributed by atoms with van der Waals surface area (Å²) in [4.78, 5) is 60.7. The zero-order valence-corrected chi connectivity index (χ0v) is 20.2. The number of methoxy groups -OCH3 is 1. The van der Waals surface area contributed by atoms with E-state index in [4.69, 9.17) is 4.74 Å². The molecule has 0 aromatic carbocycles. The minimum absolute atomic E-state index is 0.00866. The lowest BCUT2D eigenvalue weighted by atomic mass is 9.92. The van der Waals surface area contributed by atoms with E-state index in [0.29, 0.717) is 42.0 Å². The molecule has 2 saturated heterocycles. The van der Waals surface area contributed by atoms with Gasteiger partial charge in [-0.15, -0.1) is 0 Å². The van der Waals surface area contributed by atoms with E-state index in [1.807, 2.05) is 0 Å². The van der Waals surface area contributed by atoms with E-state index in [9.17, 15) is 24.3 Å². The zero-order chi connectivity index (χ0) is 25.4. The van der Waals surface area contributed by atoms with Crippen molar-refractivity contribution in [2.24, 2.45) is 17.8 Å². The summed E-state index contributed by atoms with van der Waals surface area (Å²) in [5.74, 6) is -1.06. The molecule has 2 aliphatic heterocycles. The van der Waals surface area contributed by atoms with Crippen molar-refractivity contribution in [3.8, 4) is 5.75 Å². The van der Waals surface area contributed by atoms with Crippen LogP contribution in [-0.4, -0.2) is 82.4 Å². The lowest BCUT2D eigenvalue weighted by Gasteiger charge is -2.29. The third-order valence-electron chi connectivity index (χ3n) is 7.91. The highest BCUT2D eigenvalue weighted by Gasteiger charge is 2.50. The van der Waals surface area contributed by atoms with Crippen molar-refractivity contribution in [3.05, 3.63) is 24.0 Å². The molecule has 3 aliphatic rings. The quantitative estimate of drug-likeness (QED) is 0.411. The van der Waals surface area contributed by atoms with Crippen molar-refractivity contribution in [1.29, 1.82) is 0 Å². The average Bonchev–Trinajstić information content (AvgIpc) is 3.66. The van der Waals surface area contributed by atoms with Crippen LogP contribution in [0.2, 0.25) is 0 Å². The van der Waals surface area contributed by atoms with Crippen molar-refractivity contribution in [2.75, 3.05) is 26.8 Å². The molecule has 11 nitrogen and oxygen atoms in total. The number of ketones is 1. The van der Waals surface area contributed by atoms with Gasteiger partial charge in [-0.3, -0.25) is 19.2 Å². The van der Waals surface area contributed by atoms with Crippen LogP contribution >= 0.6 is 0 Å². The number of likely N-dealkylation sites (tertiary alicyclic amines) is 1. The van der Waals surface area contributed by atoms with Gasteiger partial charge in [-0.2, -0.15) is 0 Å². The molecular weight excluding hydrogens is 466 g/mol. The van der Waals surface area contributed by atoms with Crippen molar-refractivity contribution in [1.82, 2.24) is 25.5 Å². The van der Waals surface area contributed by atoms with Crippen molar-refractivity contribution in [3.63, 3.8) is 0 Å². The van der Waals surface area contributed by atoms with Gasteiger partial charge in [0.25, 0.3) is 5.91 Å². The van der Waals surface area contributed by atoms with Gasteiger partial charge in [0, 0.05) is 25.2 Å². The van der Waals surface area contributed by atoms with Crippen LogP contribution in [0, 0.1) is 17.8 Å². The summed E-state index contributed by atoms with van der Waals surface area (Å²) >= 11 is 0. The maximum absolute atomic E-state index is 13.6. The van der Waals surface area contributed by atoms with Crippen molar-refractivity contribution in [2.45, 2.75) is 44.2 Å². The van der Waals surface area contributed by atoms with Gasteiger partial charge in [0.2, 0.25) is 11.8 Å². The largest absolute Gasteiger partial charge is 0.496 e. The van der Waals surface area contributed by atoms with Crippen molar-refractivity contribution < 1.29 is 29.0 Å². The van der Waals surface area contributed by atoms with Gasteiger partial charge in [-0.25, -0.2) is 4.98 Å². The minimum Gasteiger partial charge on any atom is -0.496 e. The van der Waals surface area contributed by atoms with Crippen LogP contribution in [-0.2, 0) is 14.4 Å². The number of aliphatic hydroxyl groups is 1. The Kier molecular flexibility index (Phi) is 6.65. The lowest BCUT2D eigenvalue weighted by molar-refractivity contribution is -0.133. The number of aliphatic hydroxyl groups excluding tert-OH is 1.